The number of fused-ring (bicyclic) bond motifs is 2. The second-order valence-electron chi connectivity index (χ2n) is 10.6. The first-order valence-electron chi connectivity index (χ1n) is 10.5. The van der Waals surface area contributed by atoms with Gasteiger partial charge >= 0.3 is 0 Å². The molecule has 4 aliphatic carbocycles. The molecule has 0 radical (unpaired) electrons. The van der Waals surface area contributed by atoms with Gasteiger partial charge in [0, 0.05) is 23.7 Å². The Balaban J connectivity index is 1.60. The van der Waals surface area contributed by atoms with Crippen LogP contribution in [0.5, 0.6) is 0 Å². The molecular weight excluding hydrogens is 312 g/mol. The van der Waals surface area contributed by atoms with E-state index in [-0.39, 0.29) is 17.1 Å². The molecular formula is C22H34O3. The lowest BCUT2D eigenvalue weighted by Gasteiger charge is -2.69. The average Bonchev–Trinajstić information content (AvgIpc) is 2.93. The van der Waals surface area contributed by atoms with E-state index in [4.69, 9.17) is 9.78 Å². The third-order valence-electron chi connectivity index (χ3n) is 9.49. The SMILES string of the molecule is CC(C)[C@H]1CC[C@@H]2[C@]1(C)CC[C@H]1[C@]23C=C[C@]2(C[C@@H](O)CC[C@]12C)OO3. The highest BCUT2D eigenvalue weighted by molar-refractivity contribution is 5.33. The topological polar surface area (TPSA) is 38.7 Å². The Morgan fingerprint density at radius 1 is 0.960 bits per heavy atom. The van der Waals surface area contributed by atoms with Crippen molar-refractivity contribution < 1.29 is 14.9 Å². The normalized spacial score (nSPS) is 59.6. The van der Waals surface area contributed by atoms with Gasteiger partial charge in [-0.2, -0.15) is 0 Å². The van der Waals surface area contributed by atoms with E-state index < -0.39 is 5.60 Å². The van der Waals surface area contributed by atoms with E-state index in [0.29, 0.717) is 23.7 Å². The van der Waals surface area contributed by atoms with E-state index in [1.54, 1.807) is 0 Å². The Labute approximate surface area is 152 Å². The summed E-state index contributed by atoms with van der Waals surface area (Å²) in [5, 5.41) is 10.3. The van der Waals surface area contributed by atoms with Gasteiger partial charge in [-0.3, -0.25) is 0 Å². The molecule has 0 aromatic heterocycles. The van der Waals surface area contributed by atoms with Crippen LogP contribution in [0.25, 0.3) is 0 Å². The molecule has 6 rings (SSSR count). The summed E-state index contributed by atoms with van der Waals surface area (Å²) in [6.45, 7) is 9.74. The molecule has 4 fully saturated rings. The molecule has 0 aromatic rings. The van der Waals surface area contributed by atoms with Crippen LogP contribution < -0.4 is 0 Å². The fourth-order valence-corrected chi connectivity index (χ4v) is 8.24. The van der Waals surface area contributed by atoms with Gasteiger partial charge < -0.3 is 5.11 Å². The fraction of sp³-hybridized carbons (Fsp3) is 0.909. The Bertz CT molecular complexity index is 614. The summed E-state index contributed by atoms with van der Waals surface area (Å²) in [6, 6.07) is 0. The van der Waals surface area contributed by atoms with Crippen LogP contribution in [-0.2, 0) is 9.78 Å². The fourth-order valence-electron chi connectivity index (χ4n) is 8.24. The summed E-state index contributed by atoms with van der Waals surface area (Å²) in [5.41, 5.74) is -0.201. The zero-order valence-electron chi connectivity index (χ0n) is 16.3. The Morgan fingerprint density at radius 3 is 2.44 bits per heavy atom. The maximum absolute atomic E-state index is 10.3. The van der Waals surface area contributed by atoms with Crippen LogP contribution in [0.15, 0.2) is 12.2 Å². The third kappa shape index (κ3) is 1.79. The first kappa shape index (κ1) is 16.8. The predicted octanol–water partition coefficient (Wildman–Crippen LogP) is 4.65. The van der Waals surface area contributed by atoms with E-state index in [0.717, 1.165) is 24.7 Å². The van der Waals surface area contributed by atoms with Crippen molar-refractivity contribution in [2.24, 2.45) is 34.5 Å². The Hall–Kier alpha value is -0.380. The standard InChI is InChI=1S/C22H34O3/c1-14(2)16-5-6-17-19(16,3)9-8-18-20(4)10-7-15(23)13-21(20)11-12-22(17,18)25-24-21/h11-12,14-18,23H,5-10,13H2,1-4H3/t15-,16+,17+,18+,19+,20+,21+,22-/m0/s1. The van der Waals surface area contributed by atoms with E-state index in [9.17, 15) is 5.11 Å². The van der Waals surface area contributed by atoms with Gasteiger partial charge in [-0.25, -0.2) is 9.78 Å². The molecule has 6 aliphatic rings. The largest absolute Gasteiger partial charge is 0.393 e. The van der Waals surface area contributed by atoms with E-state index in [1.165, 1.54) is 25.7 Å². The highest BCUT2D eigenvalue weighted by Gasteiger charge is 2.74. The number of hydrogen-bond acceptors (Lipinski definition) is 3. The van der Waals surface area contributed by atoms with Gasteiger partial charge in [0.2, 0.25) is 0 Å². The predicted molar refractivity (Wildman–Crippen MR) is 96.6 cm³/mol. The molecule has 0 unspecified atom stereocenters. The number of aliphatic hydroxyl groups is 1. The highest BCUT2D eigenvalue weighted by atomic mass is 17.2. The molecule has 0 aromatic carbocycles. The van der Waals surface area contributed by atoms with Crippen LogP contribution in [-0.4, -0.2) is 22.4 Å². The number of aliphatic hydroxyl groups excluding tert-OH is 1. The van der Waals surface area contributed by atoms with Crippen molar-refractivity contribution in [1.82, 2.24) is 0 Å². The van der Waals surface area contributed by atoms with Crippen LogP contribution in [0.2, 0.25) is 0 Å². The lowest BCUT2D eigenvalue weighted by molar-refractivity contribution is -0.497. The minimum absolute atomic E-state index is 0.0937. The monoisotopic (exact) mass is 346 g/mol. The molecule has 3 heteroatoms. The van der Waals surface area contributed by atoms with Gasteiger partial charge in [0.25, 0.3) is 0 Å². The summed E-state index contributed by atoms with van der Waals surface area (Å²) in [6.07, 6.45) is 12.2. The van der Waals surface area contributed by atoms with Crippen LogP contribution >= 0.6 is 0 Å². The van der Waals surface area contributed by atoms with Crippen molar-refractivity contribution in [3.63, 3.8) is 0 Å². The first-order valence-corrected chi connectivity index (χ1v) is 10.5. The van der Waals surface area contributed by atoms with Crippen LogP contribution in [0.4, 0.5) is 0 Å². The molecule has 8 atom stereocenters. The molecule has 3 nitrogen and oxygen atoms in total. The highest BCUT2D eigenvalue weighted by Crippen LogP contribution is 2.72. The Morgan fingerprint density at radius 2 is 1.76 bits per heavy atom. The van der Waals surface area contributed by atoms with Crippen molar-refractivity contribution in [2.45, 2.75) is 89.9 Å². The molecule has 0 amide bonds. The van der Waals surface area contributed by atoms with Gasteiger partial charge in [0.1, 0.15) is 11.2 Å². The van der Waals surface area contributed by atoms with Crippen LogP contribution in [0.1, 0.15) is 72.6 Å². The third-order valence-corrected chi connectivity index (χ3v) is 9.49. The maximum atomic E-state index is 10.3. The van der Waals surface area contributed by atoms with Gasteiger partial charge in [-0.15, -0.1) is 0 Å². The summed E-state index contributed by atoms with van der Waals surface area (Å²) in [5.74, 6) is 2.61. The number of hydrogen-bond donors (Lipinski definition) is 1. The molecule has 25 heavy (non-hydrogen) atoms. The molecule has 2 aliphatic heterocycles. The van der Waals surface area contributed by atoms with Crippen LogP contribution in [0, 0.1) is 34.5 Å². The van der Waals surface area contributed by atoms with Gasteiger partial charge in [0.05, 0.1) is 6.10 Å². The second-order valence-corrected chi connectivity index (χ2v) is 10.6. The maximum Gasteiger partial charge on any atom is 0.130 e. The Kier molecular flexibility index (Phi) is 3.29. The summed E-state index contributed by atoms with van der Waals surface area (Å²) in [4.78, 5) is 12.6. The number of rotatable bonds is 1. The van der Waals surface area contributed by atoms with Crippen molar-refractivity contribution in [2.75, 3.05) is 0 Å². The lowest BCUT2D eigenvalue weighted by Crippen LogP contribution is -2.73. The van der Waals surface area contributed by atoms with E-state index in [1.807, 2.05) is 0 Å². The first-order chi connectivity index (χ1) is 11.8. The quantitative estimate of drug-likeness (QED) is 0.555. The van der Waals surface area contributed by atoms with Crippen molar-refractivity contribution in [1.29, 1.82) is 0 Å². The summed E-state index contributed by atoms with van der Waals surface area (Å²) >= 11 is 0. The van der Waals surface area contributed by atoms with Gasteiger partial charge in [-0.1, -0.05) is 33.8 Å². The molecule has 3 saturated carbocycles. The van der Waals surface area contributed by atoms with Crippen LogP contribution in [0.3, 0.4) is 0 Å². The lowest BCUT2D eigenvalue weighted by atomic mass is 9.43. The molecule has 2 spiro atoms. The summed E-state index contributed by atoms with van der Waals surface area (Å²) < 4.78 is 0. The average molecular weight is 347 g/mol. The molecule has 1 saturated heterocycles. The van der Waals surface area contributed by atoms with Gasteiger partial charge in [0.15, 0.2) is 0 Å². The zero-order chi connectivity index (χ0) is 17.7. The zero-order valence-corrected chi connectivity index (χ0v) is 16.3. The molecule has 140 valence electrons. The van der Waals surface area contributed by atoms with Crippen molar-refractivity contribution >= 4 is 0 Å². The van der Waals surface area contributed by atoms with E-state index >= 15 is 0 Å². The van der Waals surface area contributed by atoms with Crippen molar-refractivity contribution in [3.8, 4) is 0 Å². The molecule has 2 heterocycles. The second kappa shape index (κ2) is 4.91. The smallest absolute Gasteiger partial charge is 0.130 e. The minimum Gasteiger partial charge on any atom is -0.393 e. The minimum atomic E-state index is -0.416. The van der Waals surface area contributed by atoms with Crippen molar-refractivity contribution in [3.05, 3.63) is 12.2 Å². The molecule has 1 N–H and O–H groups in total. The molecule has 2 bridgehead atoms. The van der Waals surface area contributed by atoms with Gasteiger partial charge in [-0.05, 0) is 61.9 Å². The van der Waals surface area contributed by atoms with E-state index in [2.05, 4.69) is 39.8 Å². The summed E-state index contributed by atoms with van der Waals surface area (Å²) in [7, 11) is 0.